The highest BCUT2D eigenvalue weighted by molar-refractivity contribution is 5.75. The van der Waals surface area contributed by atoms with Gasteiger partial charge < -0.3 is 19.3 Å². The van der Waals surface area contributed by atoms with Gasteiger partial charge in [-0.3, -0.25) is 4.98 Å². The van der Waals surface area contributed by atoms with Crippen LogP contribution in [0.15, 0.2) is 116 Å². The lowest BCUT2D eigenvalue weighted by Gasteiger charge is -2.20. The van der Waals surface area contributed by atoms with Crippen LogP contribution in [0.4, 0.5) is 5.69 Å². The fourth-order valence-corrected chi connectivity index (χ4v) is 5.06. The molecule has 0 fully saturated rings. The van der Waals surface area contributed by atoms with E-state index in [-0.39, 0.29) is 0 Å². The normalized spacial score (nSPS) is 12.6. The molecule has 0 unspecified atom stereocenters. The standard InChI is InChI=1S/C36H33N3O2/c1-25-26(2)34(23-36(27(25)3)41-33-15-9-11-30(22-33)39-19-18-38(4)24-39)35-21-29(16-17-37-35)28-10-8-14-32(20-28)40-31-12-6-5-7-13-31/h5-23H,24H2,1-4H3. The molecule has 0 atom stereocenters. The molecule has 1 aliphatic rings. The van der Waals surface area contributed by atoms with Crippen LogP contribution in [0.3, 0.4) is 0 Å². The maximum atomic E-state index is 6.51. The summed E-state index contributed by atoms with van der Waals surface area (Å²) in [6, 6.07) is 32.5. The molecule has 0 spiro atoms. The number of ether oxygens (including phenoxy) is 2. The third-order valence-corrected chi connectivity index (χ3v) is 7.61. The predicted octanol–water partition coefficient (Wildman–Crippen LogP) is 9.11. The largest absolute Gasteiger partial charge is 0.457 e. The first-order chi connectivity index (χ1) is 19.9. The van der Waals surface area contributed by atoms with Crippen molar-refractivity contribution in [3.63, 3.8) is 0 Å². The van der Waals surface area contributed by atoms with E-state index in [9.17, 15) is 0 Å². The van der Waals surface area contributed by atoms with Gasteiger partial charge in [0.2, 0.25) is 0 Å². The topological polar surface area (TPSA) is 37.8 Å². The van der Waals surface area contributed by atoms with E-state index in [1.807, 2.05) is 66.9 Å². The summed E-state index contributed by atoms with van der Waals surface area (Å²) in [5, 5.41) is 0. The number of hydrogen-bond donors (Lipinski definition) is 0. The van der Waals surface area contributed by atoms with Crippen molar-refractivity contribution < 1.29 is 9.47 Å². The van der Waals surface area contributed by atoms with E-state index < -0.39 is 0 Å². The molecule has 0 amide bonds. The van der Waals surface area contributed by atoms with Gasteiger partial charge in [-0.15, -0.1) is 0 Å². The maximum Gasteiger partial charge on any atom is 0.131 e. The van der Waals surface area contributed by atoms with E-state index in [4.69, 9.17) is 14.5 Å². The van der Waals surface area contributed by atoms with E-state index in [0.717, 1.165) is 63.3 Å². The summed E-state index contributed by atoms with van der Waals surface area (Å²) in [5.41, 5.74) is 8.71. The molecule has 1 aliphatic heterocycles. The van der Waals surface area contributed by atoms with Gasteiger partial charge in [-0.05, 0) is 103 Å². The van der Waals surface area contributed by atoms with Gasteiger partial charge in [0.25, 0.3) is 0 Å². The molecule has 0 bridgehead atoms. The first kappa shape index (κ1) is 26.2. The predicted molar refractivity (Wildman–Crippen MR) is 167 cm³/mol. The SMILES string of the molecule is Cc1c(Oc2cccc(N3C=CN(C)C3)c2)cc(-c2cc(-c3cccc(Oc4ccccc4)c3)ccn2)c(C)c1C. The van der Waals surface area contributed by atoms with Crippen LogP contribution in [0.5, 0.6) is 23.0 Å². The zero-order valence-electron chi connectivity index (χ0n) is 23.8. The van der Waals surface area contributed by atoms with Crippen molar-refractivity contribution in [2.24, 2.45) is 0 Å². The molecule has 204 valence electrons. The smallest absolute Gasteiger partial charge is 0.131 e. The first-order valence-corrected chi connectivity index (χ1v) is 13.8. The number of para-hydroxylation sites is 1. The van der Waals surface area contributed by atoms with Crippen LogP contribution in [-0.4, -0.2) is 23.6 Å². The number of pyridine rings is 1. The van der Waals surface area contributed by atoms with Gasteiger partial charge >= 0.3 is 0 Å². The molecule has 0 saturated heterocycles. The maximum absolute atomic E-state index is 6.51. The highest BCUT2D eigenvalue weighted by Gasteiger charge is 2.16. The molecule has 5 nitrogen and oxygen atoms in total. The average Bonchev–Trinajstić information content (AvgIpc) is 3.44. The van der Waals surface area contributed by atoms with Crippen molar-refractivity contribution in [1.29, 1.82) is 0 Å². The first-order valence-electron chi connectivity index (χ1n) is 13.8. The number of hydrogen-bond acceptors (Lipinski definition) is 5. The van der Waals surface area contributed by atoms with Crippen LogP contribution in [0.2, 0.25) is 0 Å². The summed E-state index contributed by atoms with van der Waals surface area (Å²) >= 11 is 0. The summed E-state index contributed by atoms with van der Waals surface area (Å²) < 4.78 is 12.6. The van der Waals surface area contributed by atoms with Gasteiger partial charge in [0, 0.05) is 43.0 Å². The minimum Gasteiger partial charge on any atom is -0.457 e. The highest BCUT2D eigenvalue weighted by atomic mass is 16.5. The quantitative estimate of drug-likeness (QED) is 0.206. The minimum atomic E-state index is 0.795. The molecule has 6 rings (SSSR count). The van der Waals surface area contributed by atoms with Crippen molar-refractivity contribution in [2.45, 2.75) is 20.8 Å². The summed E-state index contributed by atoms with van der Waals surface area (Å²) in [6.07, 6.45) is 6.02. The Morgan fingerprint density at radius 3 is 2.15 bits per heavy atom. The van der Waals surface area contributed by atoms with E-state index in [1.54, 1.807) is 0 Å². The van der Waals surface area contributed by atoms with Crippen molar-refractivity contribution in [1.82, 2.24) is 9.88 Å². The van der Waals surface area contributed by atoms with Gasteiger partial charge in [0.1, 0.15) is 23.0 Å². The van der Waals surface area contributed by atoms with E-state index >= 15 is 0 Å². The second kappa shape index (κ2) is 11.2. The van der Waals surface area contributed by atoms with Crippen molar-refractivity contribution in [3.05, 3.63) is 132 Å². The molecule has 5 heteroatoms. The molecule has 1 aromatic heterocycles. The molecular weight excluding hydrogens is 506 g/mol. The molecule has 0 aliphatic carbocycles. The van der Waals surface area contributed by atoms with Gasteiger partial charge in [-0.2, -0.15) is 0 Å². The second-order valence-corrected chi connectivity index (χ2v) is 10.4. The summed E-state index contributed by atoms with van der Waals surface area (Å²) in [5.74, 6) is 3.25. The molecule has 0 radical (unpaired) electrons. The van der Waals surface area contributed by atoms with Crippen LogP contribution in [0.25, 0.3) is 22.4 Å². The Bertz CT molecular complexity index is 1730. The monoisotopic (exact) mass is 539 g/mol. The molecule has 0 N–H and O–H groups in total. The van der Waals surface area contributed by atoms with Crippen molar-refractivity contribution in [3.8, 4) is 45.4 Å². The van der Waals surface area contributed by atoms with Gasteiger partial charge in [0.15, 0.2) is 0 Å². The zero-order chi connectivity index (χ0) is 28.3. The Morgan fingerprint density at radius 2 is 1.37 bits per heavy atom. The third-order valence-electron chi connectivity index (χ3n) is 7.61. The molecule has 0 saturated carbocycles. The Balaban J connectivity index is 1.31. The molecule has 4 aromatic carbocycles. The van der Waals surface area contributed by atoms with Crippen molar-refractivity contribution in [2.75, 3.05) is 18.6 Å². The van der Waals surface area contributed by atoms with Crippen molar-refractivity contribution >= 4 is 5.69 Å². The Morgan fingerprint density at radius 1 is 0.634 bits per heavy atom. The van der Waals surface area contributed by atoms with Gasteiger partial charge in [-0.25, -0.2) is 0 Å². The fraction of sp³-hybridized carbons (Fsp3) is 0.139. The fourth-order valence-electron chi connectivity index (χ4n) is 5.06. The van der Waals surface area contributed by atoms with E-state index in [0.29, 0.717) is 0 Å². The van der Waals surface area contributed by atoms with Crippen LogP contribution in [0.1, 0.15) is 16.7 Å². The zero-order valence-corrected chi connectivity index (χ0v) is 23.8. The van der Waals surface area contributed by atoms with Crippen LogP contribution in [-0.2, 0) is 0 Å². The number of aromatic nitrogens is 1. The van der Waals surface area contributed by atoms with Crippen LogP contribution in [0, 0.1) is 20.8 Å². The summed E-state index contributed by atoms with van der Waals surface area (Å²) in [6.45, 7) is 7.24. The summed E-state index contributed by atoms with van der Waals surface area (Å²) in [7, 11) is 2.06. The Hall–Kier alpha value is -5.03. The minimum absolute atomic E-state index is 0.795. The van der Waals surface area contributed by atoms with Gasteiger partial charge in [-0.1, -0.05) is 36.4 Å². The molecule has 41 heavy (non-hydrogen) atoms. The van der Waals surface area contributed by atoms with Gasteiger partial charge in [0.05, 0.1) is 12.4 Å². The molecular formula is C36H33N3O2. The Labute approximate surface area is 241 Å². The molecule has 2 heterocycles. The van der Waals surface area contributed by atoms with E-state index in [2.05, 4.69) is 86.4 Å². The molecule has 5 aromatic rings. The number of rotatable bonds is 7. The number of benzene rings is 4. The lowest BCUT2D eigenvalue weighted by Crippen LogP contribution is -2.21. The van der Waals surface area contributed by atoms with Crippen LogP contribution >= 0.6 is 0 Å². The second-order valence-electron chi connectivity index (χ2n) is 10.4. The highest BCUT2D eigenvalue weighted by Crippen LogP contribution is 2.38. The van der Waals surface area contributed by atoms with Crippen LogP contribution < -0.4 is 14.4 Å². The number of anilines is 1. The number of nitrogens with zero attached hydrogens (tertiary/aromatic N) is 3. The third kappa shape index (κ3) is 5.66. The summed E-state index contributed by atoms with van der Waals surface area (Å²) in [4.78, 5) is 9.11. The lowest BCUT2D eigenvalue weighted by atomic mass is 9.94. The lowest BCUT2D eigenvalue weighted by molar-refractivity contribution is 0.477. The Kier molecular flexibility index (Phi) is 7.17. The van der Waals surface area contributed by atoms with E-state index in [1.165, 1.54) is 11.1 Å². The average molecular weight is 540 g/mol.